The topological polar surface area (TPSA) is 77.7 Å². The molecule has 6 nitrogen and oxygen atoms in total. The van der Waals surface area contributed by atoms with Crippen LogP contribution in [-0.2, 0) is 26.1 Å². The Bertz CT molecular complexity index is 1120. The number of aromatic nitrogens is 1. The lowest BCUT2D eigenvalue weighted by atomic mass is 10.3. The Kier molecular flexibility index (Phi) is 4.71. The molecule has 3 rings (SSSR count). The molecule has 0 saturated heterocycles. The zero-order valence-electron chi connectivity index (χ0n) is 12.6. The Morgan fingerprint density at radius 3 is 2.76 bits per heavy atom. The number of thiophene rings is 1. The van der Waals surface area contributed by atoms with Crippen molar-refractivity contribution in [2.45, 2.75) is 10.8 Å². The molecular weight excluding hydrogens is 394 g/mol. The number of carbonyl (C=O) groups excluding carboxylic acids is 1. The third-order valence-corrected chi connectivity index (χ3v) is 6.94. The van der Waals surface area contributed by atoms with E-state index in [4.69, 9.17) is 0 Å². The van der Waals surface area contributed by atoms with Crippen molar-refractivity contribution in [3.8, 4) is 0 Å². The first-order chi connectivity index (χ1) is 11.8. The fourth-order valence-corrected chi connectivity index (χ4v) is 5.34. The number of hydrogen-bond acceptors (Lipinski definition) is 6. The molecule has 25 heavy (non-hydrogen) atoms. The molecular formula is C14H10F2N2O4S3. The standard InChI is InChI=1S/C14H10F2N2O4S3/c1-22-11(19)7-18-13-9(16)5-8(15)6-10(13)24-14(18)17-25(20,21)12-3-2-4-23-12/h2-6H,7H2,1H3/b17-14-. The summed E-state index contributed by atoms with van der Waals surface area (Å²) < 4.78 is 61.8. The maximum atomic E-state index is 14.2. The van der Waals surface area contributed by atoms with E-state index in [1.807, 2.05) is 0 Å². The summed E-state index contributed by atoms with van der Waals surface area (Å²) in [5.74, 6) is -2.47. The molecule has 0 amide bonds. The molecule has 0 saturated carbocycles. The van der Waals surface area contributed by atoms with Gasteiger partial charge in [0.1, 0.15) is 16.6 Å². The largest absolute Gasteiger partial charge is 0.468 e. The lowest BCUT2D eigenvalue weighted by molar-refractivity contribution is -0.141. The predicted octanol–water partition coefficient (Wildman–Crippen LogP) is 2.51. The van der Waals surface area contributed by atoms with Crippen LogP contribution in [0.1, 0.15) is 0 Å². The molecule has 0 N–H and O–H groups in total. The lowest BCUT2D eigenvalue weighted by Gasteiger charge is -2.04. The number of fused-ring (bicyclic) bond motifs is 1. The van der Waals surface area contributed by atoms with Gasteiger partial charge in [-0.15, -0.1) is 15.7 Å². The van der Waals surface area contributed by atoms with Crippen molar-refractivity contribution in [1.29, 1.82) is 0 Å². The SMILES string of the molecule is COC(=O)Cn1/c(=N/S(=O)(=O)c2cccs2)sc2cc(F)cc(F)c21. The fourth-order valence-electron chi connectivity index (χ4n) is 2.10. The smallest absolute Gasteiger partial charge is 0.325 e. The Hall–Kier alpha value is -2.11. The summed E-state index contributed by atoms with van der Waals surface area (Å²) in [7, 11) is -2.90. The average molecular weight is 404 g/mol. The number of thiazole rings is 1. The van der Waals surface area contributed by atoms with Crippen molar-refractivity contribution in [3.63, 3.8) is 0 Å². The predicted molar refractivity (Wildman–Crippen MR) is 88.8 cm³/mol. The van der Waals surface area contributed by atoms with E-state index in [9.17, 15) is 22.0 Å². The zero-order valence-corrected chi connectivity index (χ0v) is 15.1. The number of nitrogens with zero attached hydrogens (tertiary/aromatic N) is 2. The molecule has 0 unspecified atom stereocenters. The summed E-state index contributed by atoms with van der Waals surface area (Å²) >= 11 is 1.74. The number of rotatable bonds is 4. The van der Waals surface area contributed by atoms with Gasteiger partial charge in [0.25, 0.3) is 10.0 Å². The van der Waals surface area contributed by atoms with Crippen LogP contribution in [0.5, 0.6) is 0 Å². The molecule has 0 aliphatic heterocycles. The van der Waals surface area contributed by atoms with Crippen LogP contribution in [0.3, 0.4) is 0 Å². The number of esters is 1. The summed E-state index contributed by atoms with van der Waals surface area (Å²) in [6.45, 7) is -0.460. The maximum absolute atomic E-state index is 14.2. The van der Waals surface area contributed by atoms with E-state index in [0.717, 1.165) is 40.4 Å². The molecule has 2 aromatic heterocycles. The molecule has 1 aromatic carbocycles. The molecule has 0 aliphatic rings. The molecule has 0 spiro atoms. The third-order valence-electron chi connectivity index (χ3n) is 3.16. The highest BCUT2D eigenvalue weighted by Crippen LogP contribution is 2.24. The van der Waals surface area contributed by atoms with E-state index in [0.29, 0.717) is 6.07 Å². The first-order valence-electron chi connectivity index (χ1n) is 6.71. The summed E-state index contributed by atoms with van der Waals surface area (Å²) in [4.78, 5) is 11.5. The molecule has 0 fully saturated rings. The highest BCUT2D eigenvalue weighted by Gasteiger charge is 2.19. The van der Waals surface area contributed by atoms with Gasteiger partial charge in [0.05, 0.1) is 17.3 Å². The molecule has 0 radical (unpaired) electrons. The number of methoxy groups -OCH3 is 1. The van der Waals surface area contributed by atoms with Gasteiger partial charge in [0.2, 0.25) is 4.80 Å². The first-order valence-corrected chi connectivity index (χ1v) is 9.85. The van der Waals surface area contributed by atoms with E-state index < -0.39 is 34.2 Å². The Morgan fingerprint density at radius 2 is 2.12 bits per heavy atom. The number of ether oxygens (including phenoxy) is 1. The first kappa shape index (κ1) is 17.7. The van der Waals surface area contributed by atoms with Crippen LogP contribution in [0.15, 0.2) is 38.3 Å². The minimum Gasteiger partial charge on any atom is -0.468 e. The van der Waals surface area contributed by atoms with Crippen molar-refractivity contribution >= 4 is 48.9 Å². The van der Waals surface area contributed by atoms with Gasteiger partial charge in [-0.3, -0.25) is 4.79 Å². The van der Waals surface area contributed by atoms with Crippen LogP contribution >= 0.6 is 22.7 Å². The summed E-state index contributed by atoms with van der Waals surface area (Å²) in [5.41, 5.74) is -0.114. The zero-order chi connectivity index (χ0) is 18.2. The summed E-state index contributed by atoms with van der Waals surface area (Å²) in [5, 5.41) is 1.57. The van der Waals surface area contributed by atoms with Crippen molar-refractivity contribution in [3.05, 3.63) is 46.1 Å². The molecule has 0 aliphatic carbocycles. The number of carbonyl (C=O) groups is 1. The number of benzene rings is 1. The van der Waals surface area contributed by atoms with Crippen LogP contribution in [-0.4, -0.2) is 26.1 Å². The average Bonchev–Trinajstić information content (AvgIpc) is 3.16. The van der Waals surface area contributed by atoms with Gasteiger partial charge in [-0.05, 0) is 17.5 Å². The van der Waals surface area contributed by atoms with E-state index in [1.165, 1.54) is 6.07 Å². The molecule has 0 bridgehead atoms. The van der Waals surface area contributed by atoms with E-state index >= 15 is 0 Å². The Balaban J connectivity index is 2.30. The molecule has 132 valence electrons. The molecule has 2 heterocycles. The second-order valence-electron chi connectivity index (χ2n) is 4.78. The van der Waals surface area contributed by atoms with Crippen LogP contribution in [0, 0.1) is 11.6 Å². The van der Waals surface area contributed by atoms with E-state index in [2.05, 4.69) is 9.13 Å². The maximum Gasteiger partial charge on any atom is 0.325 e. The number of halogens is 2. The monoisotopic (exact) mass is 404 g/mol. The van der Waals surface area contributed by atoms with E-state index in [-0.39, 0.29) is 19.2 Å². The van der Waals surface area contributed by atoms with Gasteiger partial charge in [-0.2, -0.15) is 8.42 Å². The van der Waals surface area contributed by atoms with Gasteiger partial charge in [-0.25, -0.2) is 8.78 Å². The van der Waals surface area contributed by atoms with Crippen LogP contribution < -0.4 is 4.80 Å². The number of sulfonamides is 1. The summed E-state index contributed by atoms with van der Waals surface area (Å²) in [6.07, 6.45) is 0. The van der Waals surface area contributed by atoms with Gasteiger partial charge in [-0.1, -0.05) is 17.4 Å². The lowest BCUT2D eigenvalue weighted by Crippen LogP contribution is -2.22. The molecule has 0 atom stereocenters. The summed E-state index contributed by atoms with van der Waals surface area (Å²) in [6, 6.07) is 4.63. The van der Waals surface area contributed by atoms with Crippen molar-refractivity contribution < 1.29 is 26.7 Å². The van der Waals surface area contributed by atoms with Crippen LogP contribution in [0.4, 0.5) is 8.78 Å². The van der Waals surface area contributed by atoms with Crippen molar-refractivity contribution in [2.75, 3.05) is 7.11 Å². The quantitative estimate of drug-likeness (QED) is 0.626. The number of hydrogen-bond donors (Lipinski definition) is 0. The fraction of sp³-hybridized carbons (Fsp3) is 0.143. The van der Waals surface area contributed by atoms with Crippen LogP contribution in [0.25, 0.3) is 10.2 Å². The van der Waals surface area contributed by atoms with Crippen molar-refractivity contribution in [1.82, 2.24) is 4.57 Å². The highest BCUT2D eigenvalue weighted by atomic mass is 32.2. The molecule has 11 heteroatoms. The van der Waals surface area contributed by atoms with Gasteiger partial charge in [0, 0.05) is 6.07 Å². The highest BCUT2D eigenvalue weighted by molar-refractivity contribution is 7.92. The molecule has 3 aromatic rings. The third kappa shape index (κ3) is 3.48. The normalized spacial score (nSPS) is 12.7. The Labute approximate surface area is 148 Å². The Morgan fingerprint density at radius 1 is 1.36 bits per heavy atom. The minimum atomic E-state index is -4.04. The second-order valence-corrected chi connectivity index (χ2v) is 8.57. The van der Waals surface area contributed by atoms with Crippen LogP contribution in [0.2, 0.25) is 0 Å². The minimum absolute atomic E-state index is 0.00114. The van der Waals surface area contributed by atoms with E-state index in [1.54, 1.807) is 11.4 Å². The second kappa shape index (κ2) is 6.65. The van der Waals surface area contributed by atoms with Gasteiger partial charge in [0.15, 0.2) is 5.82 Å². The van der Waals surface area contributed by atoms with Gasteiger partial charge >= 0.3 is 5.97 Å². The van der Waals surface area contributed by atoms with Crippen molar-refractivity contribution in [2.24, 2.45) is 4.40 Å². The van der Waals surface area contributed by atoms with Gasteiger partial charge < -0.3 is 9.30 Å².